The van der Waals surface area contributed by atoms with Gasteiger partial charge < -0.3 is 28.5 Å². The molecule has 2 rings (SSSR count). The molecule has 0 spiro atoms. The van der Waals surface area contributed by atoms with E-state index >= 15 is 0 Å². The van der Waals surface area contributed by atoms with Gasteiger partial charge in [-0.3, -0.25) is 4.72 Å². The fraction of sp³-hybridized carbons (Fsp3) is 0.714. The third-order valence-electron chi connectivity index (χ3n) is 5.51. The normalized spacial score (nSPS) is 17.1. The van der Waals surface area contributed by atoms with Crippen molar-refractivity contribution in [3.05, 3.63) is 29.8 Å². The van der Waals surface area contributed by atoms with Gasteiger partial charge >= 0.3 is 0 Å². The number of benzene rings is 1. The molecule has 1 aliphatic rings. The summed E-state index contributed by atoms with van der Waals surface area (Å²) in [6.45, 7) is 4.24. The lowest BCUT2D eigenvalue weighted by molar-refractivity contribution is -0.895. The molecule has 0 saturated carbocycles. The minimum absolute atomic E-state index is 0. The zero-order valence-corrected chi connectivity index (χ0v) is 20.7. The zero-order valence-electron chi connectivity index (χ0n) is 17.7. The number of likely N-dealkylation sites (tertiary alicyclic amines) is 1. The van der Waals surface area contributed by atoms with Gasteiger partial charge in [-0.25, -0.2) is 0 Å². The van der Waals surface area contributed by atoms with E-state index in [1.165, 1.54) is 44.1 Å². The average molecular weight is 524 g/mol. The number of rotatable bonds is 11. The maximum Gasteiger partial charge on any atom is 0.299 e. The van der Waals surface area contributed by atoms with Crippen LogP contribution < -0.4 is 33.4 Å². The number of aryl methyl sites for hydroxylation is 1. The number of halogens is 1. The second-order valence-electron chi connectivity index (χ2n) is 8.60. The van der Waals surface area contributed by atoms with Crippen LogP contribution >= 0.6 is 0 Å². The van der Waals surface area contributed by atoms with Crippen LogP contribution in [0.5, 0.6) is 0 Å². The van der Waals surface area contributed by atoms with E-state index in [1.54, 1.807) is 0 Å². The van der Waals surface area contributed by atoms with Gasteiger partial charge in [0, 0.05) is 24.6 Å². The monoisotopic (exact) mass is 523 g/mol. The molecule has 5 nitrogen and oxygen atoms in total. The second-order valence-corrected chi connectivity index (χ2v) is 10.0. The number of hydrogen-bond acceptors (Lipinski definition) is 2. The highest BCUT2D eigenvalue weighted by Crippen LogP contribution is 2.17. The topological polar surface area (TPSA) is 58.2 Å². The summed E-state index contributed by atoms with van der Waals surface area (Å²) in [7, 11) is 0.859. The van der Waals surface area contributed by atoms with E-state index in [-0.39, 0.29) is 30.0 Å². The van der Waals surface area contributed by atoms with E-state index in [2.05, 4.69) is 30.5 Å². The van der Waals surface area contributed by atoms with Crippen LogP contribution in [0.3, 0.4) is 0 Å². The van der Waals surface area contributed by atoms with Crippen LogP contribution in [0.4, 0.5) is 5.69 Å². The lowest BCUT2D eigenvalue weighted by Crippen LogP contribution is -3.00. The molecule has 0 aliphatic carbocycles. The largest absolute Gasteiger partial charge is 1.00 e. The van der Waals surface area contributed by atoms with Crippen molar-refractivity contribution in [2.45, 2.75) is 70.8 Å². The van der Waals surface area contributed by atoms with E-state index in [0.717, 1.165) is 36.8 Å². The molecule has 0 atom stereocenters. The van der Waals surface area contributed by atoms with Crippen LogP contribution in [0, 0.1) is 0 Å². The van der Waals surface area contributed by atoms with Gasteiger partial charge in [0.15, 0.2) is 0 Å². The summed E-state index contributed by atoms with van der Waals surface area (Å²) in [5.74, 6) is 0. The van der Waals surface area contributed by atoms with Gasteiger partial charge in [-0.05, 0) is 30.5 Å². The Labute approximate surface area is 189 Å². The zero-order chi connectivity index (χ0) is 19.8. The third kappa shape index (κ3) is 9.89. The molecule has 0 amide bonds. The Balaban J connectivity index is 0.00000392. The van der Waals surface area contributed by atoms with E-state index in [4.69, 9.17) is 0 Å². The van der Waals surface area contributed by atoms with E-state index in [0.29, 0.717) is 5.69 Å². The van der Waals surface area contributed by atoms with Crippen molar-refractivity contribution in [3.63, 3.8) is 0 Å². The van der Waals surface area contributed by atoms with Crippen molar-refractivity contribution in [1.29, 1.82) is 0 Å². The first kappa shape index (κ1) is 25.7. The molecule has 1 aromatic carbocycles. The predicted octanol–water partition coefficient (Wildman–Crippen LogP) is 1.08. The SMILES string of the molecule is CCCCCCCCc1ccc(NS(=O)(=O)NC2CC[N+](C)(C)CC2)cc1.[I-]. The third-order valence-corrected chi connectivity index (χ3v) is 6.66. The lowest BCUT2D eigenvalue weighted by atomic mass is 10.0. The molecule has 28 heavy (non-hydrogen) atoms. The first-order chi connectivity index (χ1) is 12.8. The quantitative estimate of drug-likeness (QED) is 0.259. The summed E-state index contributed by atoms with van der Waals surface area (Å²) < 4.78 is 31.2. The number of nitrogens with zero attached hydrogens (tertiary/aromatic N) is 1. The average Bonchev–Trinajstić information content (AvgIpc) is 2.61. The van der Waals surface area contributed by atoms with Crippen molar-refractivity contribution < 1.29 is 36.9 Å². The molecule has 0 bridgehead atoms. The molecule has 2 N–H and O–H groups in total. The molecule has 7 heteroatoms. The summed E-state index contributed by atoms with van der Waals surface area (Å²) in [5, 5.41) is 0. The summed E-state index contributed by atoms with van der Waals surface area (Å²) >= 11 is 0. The number of nitrogens with one attached hydrogen (secondary N) is 2. The van der Waals surface area contributed by atoms with Gasteiger partial charge in [-0.15, -0.1) is 0 Å². The van der Waals surface area contributed by atoms with Crippen LogP contribution in [0.15, 0.2) is 24.3 Å². The molecule has 1 aliphatic heterocycles. The fourth-order valence-corrected chi connectivity index (χ4v) is 4.82. The van der Waals surface area contributed by atoms with Crippen molar-refractivity contribution in [1.82, 2.24) is 4.72 Å². The number of quaternary nitrogens is 1. The Morgan fingerprint density at radius 1 is 0.964 bits per heavy atom. The minimum atomic E-state index is -3.52. The highest BCUT2D eigenvalue weighted by atomic mass is 127. The lowest BCUT2D eigenvalue weighted by Gasteiger charge is -2.37. The number of unbranched alkanes of at least 4 members (excludes halogenated alkanes) is 5. The Bertz CT molecular complexity index is 653. The van der Waals surface area contributed by atoms with Crippen LogP contribution in [0.1, 0.15) is 63.9 Å². The van der Waals surface area contributed by atoms with Crippen LogP contribution in [-0.2, 0) is 16.6 Å². The number of anilines is 1. The molecule has 0 aromatic heterocycles. The molecular formula is C21H38IN3O2S. The smallest absolute Gasteiger partial charge is 0.299 e. The molecule has 1 saturated heterocycles. The first-order valence-electron chi connectivity index (χ1n) is 10.5. The van der Waals surface area contributed by atoms with Gasteiger partial charge in [0.25, 0.3) is 10.2 Å². The molecule has 1 fully saturated rings. The maximum absolute atomic E-state index is 12.4. The number of hydrogen-bond donors (Lipinski definition) is 2. The maximum atomic E-state index is 12.4. The molecule has 0 unspecified atom stereocenters. The molecule has 1 heterocycles. The summed E-state index contributed by atoms with van der Waals surface area (Å²) in [6.07, 6.45) is 10.6. The van der Waals surface area contributed by atoms with Gasteiger partial charge in [-0.1, -0.05) is 51.2 Å². The molecule has 162 valence electrons. The van der Waals surface area contributed by atoms with Crippen molar-refractivity contribution in [2.75, 3.05) is 31.9 Å². The standard InChI is InChI=1S/C21H38N3O2S.HI/c1-4-5-6-7-8-9-10-19-11-13-20(14-12-19)22-27(25,26)23-21-15-17-24(2,3)18-16-21;/h11-14,21-23H,4-10,15-18H2,1-3H3;1H/q+1;/p-1. The molecular weight excluding hydrogens is 485 g/mol. The second kappa shape index (κ2) is 12.3. The Morgan fingerprint density at radius 3 is 2.14 bits per heavy atom. The van der Waals surface area contributed by atoms with Crippen LogP contribution in [-0.4, -0.2) is 46.1 Å². The van der Waals surface area contributed by atoms with Crippen molar-refractivity contribution >= 4 is 15.9 Å². The first-order valence-corrected chi connectivity index (χ1v) is 12.0. The van der Waals surface area contributed by atoms with E-state index < -0.39 is 10.2 Å². The van der Waals surface area contributed by atoms with E-state index in [1.807, 2.05) is 24.3 Å². The Hall–Kier alpha value is -0.380. The molecule has 0 radical (unpaired) electrons. The van der Waals surface area contributed by atoms with Crippen molar-refractivity contribution in [2.24, 2.45) is 0 Å². The van der Waals surface area contributed by atoms with Crippen LogP contribution in [0.2, 0.25) is 0 Å². The molecule has 1 aromatic rings. The van der Waals surface area contributed by atoms with Gasteiger partial charge in [0.2, 0.25) is 0 Å². The Morgan fingerprint density at radius 2 is 1.54 bits per heavy atom. The number of piperidine rings is 1. The predicted molar refractivity (Wildman–Crippen MR) is 114 cm³/mol. The highest BCUT2D eigenvalue weighted by molar-refractivity contribution is 7.90. The summed E-state index contributed by atoms with van der Waals surface area (Å²) in [6, 6.07) is 7.83. The minimum Gasteiger partial charge on any atom is -1.00 e. The Kier molecular flexibility index (Phi) is 11.3. The van der Waals surface area contributed by atoms with Gasteiger partial charge in [-0.2, -0.15) is 13.1 Å². The van der Waals surface area contributed by atoms with Crippen molar-refractivity contribution in [3.8, 4) is 0 Å². The van der Waals surface area contributed by atoms with Gasteiger partial charge in [0.1, 0.15) is 0 Å². The summed E-state index contributed by atoms with van der Waals surface area (Å²) in [4.78, 5) is 0. The summed E-state index contributed by atoms with van der Waals surface area (Å²) in [5.41, 5.74) is 1.90. The van der Waals surface area contributed by atoms with E-state index in [9.17, 15) is 8.42 Å². The van der Waals surface area contributed by atoms with Gasteiger partial charge in [0.05, 0.1) is 27.2 Å². The highest BCUT2D eigenvalue weighted by Gasteiger charge is 2.28. The fourth-order valence-electron chi connectivity index (χ4n) is 3.64. The van der Waals surface area contributed by atoms with Crippen LogP contribution in [0.25, 0.3) is 0 Å².